The smallest absolute Gasteiger partial charge is 0.270 e. The molecule has 0 saturated carbocycles. The molecule has 0 unspecified atom stereocenters. The molecule has 1 aliphatic heterocycles. The second kappa shape index (κ2) is 8.70. The number of benzene rings is 1. The van der Waals surface area contributed by atoms with Crippen LogP contribution in [0.2, 0.25) is 0 Å². The largest absolute Gasteiger partial charge is 0.390 e. The second-order valence-electron chi connectivity index (χ2n) is 8.55. The minimum Gasteiger partial charge on any atom is -0.390 e. The molecule has 0 radical (unpaired) electrons. The molecule has 8 nitrogen and oxygen atoms in total. The molecular formula is C24H29N5O3. The highest BCUT2D eigenvalue weighted by Crippen LogP contribution is 2.31. The first-order chi connectivity index (χ1) is 15.4. The lowest BCUT2D eigenvalue weighted by Gasteiger charge is -2.42. The van der Waals surface area contributed by atoms with Gasteiger partial charge < -0.3 is 15.7 Å². The third-order valence-corrected chi connectivity index (χ3v) is 6.65. The number of aliphatic hydroxyl groups is 1. The number of carbonyl (C=O) groups is 2. The van der Waals surface area contributed by atoms with Gasteiger partial charge >= 0.3 is 0 Å². The van der Waals surface area contributed by atoms with E-state index in [0.29, 0.717) is 18.5 Å². The monoisotopic (exact) mass is 435 g/mol. The van der Waals surface area contributed by atoms with E-state index < -0.39 is 12.1 Å². The van der Waals surface area contributed by atoms with Crippen molar-refractivity contribution in [2.24, 2.45) is 0 Å². The minimum atomic E-state index is -0.686. The quantitative estimate of drug-likeness (QED) is 0.555. The number of pyridine rings is 1. The van der Waals surface area contributed by atoms with Crippen LogP contribution in [0, 0.1) is 5.41 Å². The van der Waals surface area contributed by atoms with E-state index in [1.54, 1.807) is 18.2 Å². The van der Waals surface area contributed by atoms with Gasteiger partial charge in [0, 0.05) is 12.0 Å². The zero-order valence-corrected chi connectivity index (χ0v) is 18.4. The fourth-order valence-electron chi connectivity index (χ4n) is 4.54. The topological polar surface area (TPSA) is 118 Å². The van der Waals surface area contributed by atoms with Crippen molar-refractivity contribution in [2.45, 2.75) is 63.8 Å². The lowest BCUT2D eigenvalue weighted by molar-refractivity contribution is -0.131. The van der Waals surface area contributed by atoms with Crippen LogP contribution in [-0.4, -0.2) is 44.4 Å². The van der Waals surface area contributed by atoms with Crippen molar-refractivity contribution in [3.63, 3.8) is 0 Å². The van der Waals surface area contributed by atoms with Crippen molar-refractivity contribution in [1.29, 1.82) is 5.41 Å². The summed E-state index contributed by atoms with van der Waals surface area (Å²) in [5.41, 5.74) is 2.29. The summed E-state index contributed by atoms with van der Waals surface area (Å²) >= 11 is 0. The van der Waals surface area contributed by atoms with Gasteiger partial charge in [-0.2, -0.15) is 0 Å². The van der Waals surface area contributed by atoms with Crippen LogP contribution < -0.4 is 10.6 Å². The molecular weight excluding hydrogens is 406 g/mol. The van der Waals surface area contributed by atoms with Gasteiger partial charge in [0.1, 0.15) is 5.69 Å². The highest BCUT2D eigenvalue weighted by atomic mass is 16.3. The molecule has 8 heteroatoms. The molecule has 1 fully saturated rings. The summed E-state index contributed by atoms with van der Waals surface area (Å²) in [6, 6.07) is 12.2. The van der Waals surface area contributed by atoms with E-state index in [1.807, 2.05) is 38.1 Å². The predicted molar refractivity (Wildman–Crippen MR) is 120 cm³/mol. The number of guanidine groups is 1. The van der Waals surface area contributed by atoms with E-state index in [0.717, 1.165) is 24.0 Å². The molecule has 168 valence electrons. The maximum atomic E-state index is 12.9. The molecule has 2 amide bonds. The summed E-state index contributed by atoms with van der Waals surface area (Å²) in [4.78, 5) is 31.4. The average Bonchev–Trinajstić information content (AvgIpc) is 3.11. The normalized spacial score (nSPS) is 21.8. The molecule has 2 aliphatic rings. The first-order valence-corrected chi connectivity index (χ1v) is 11.1. The number of fused-ring (bicyclic) bond motifs is 1. The maximum Gasteiger partial charge on any atom is 0.270 e. The van der Waals surface area contributed by atoms with Crippen LogP contribution in [0.5, 0.6) is 0 Å². The Morgan fingerprint density at radius 2 is 2.00 bits per heavy atom. The van der Waals surface area contributed by atoms with Gasteiger partial charge in [-0.3, -0.25) is 19.9 Å². The molecule has 2 heterocycles. The van der Waals surface area contributed by atoms with Crippen molar-refractivity contribution in [1.82, 2.24) is 20.5 Å². The fraction of sp³-hybridized carbons (Fsp3) is 0.417. The van der Waals surface area contributed by atoms with E-state index >= 15 is 0 Å². The first-order valence-electron chi connectivity index (χ1n) is 11.1. The summed E-state index contributed by atoms with van der Waals surface area (Å²) in [6.07, 6.45) is 1.65. The van der Waals surface area contributed by atoms with Crippen LogP contribution in [0.15, 0.2) is 42.5 Å². The molecule has 1 aromatic heterocycles. The van der Waals surface area contributed by atoms with E-state index in [1.165, 1.54) is 4.90 Å². The Hall–Kier alpha value is -3.26. The van der Waals surface area contributed by atoms with Gasteiger partial charge in [0.25, 0.3) is 5.91 Å². The molecule has 4 N–H and O–H groups in total. The lowest BCUT2D eigenvalue weighted by atomic mass is 9.87. The predicted octanol–water partition coefficient (Wildman–Crippen LogP) is 2.29. The number of aliphatic hydroxyl groups excluding tert-OH is 1. The Bertz CT molecular complexity index is 1030. The maximum absolute atomic E-state index is 12.9. The first kappa shape index (κ1) is 22.0. The number of nitrogens with zero attached hydrogens (tertiary/aromatic N) is 2. The van der Waals surface area contributed by atoms with E-state index in [4.69, 9.17) is 5.41 Å². The standard InChI is InChI=1S/C24H29N5O3/c1-3-24(4-2)13-20(31)29(23(25)28-24)14-16-9-7-11-18(26-16)22(32)27-21-17-10-6-5-8-15(17)12-19(21)30/h5-11,19,21,30H,3-4,12-14H2,1-2H3,(H2,25,28)(H,27,32)/t19-,21-/m1/s1. The number of amides is 2. The highest BCUT2D eigenvalue weighted by molar-refractivity contribution is 5.99. The van der Waals surface area contributed by atoms with Gasteiger partial charge in [0.15, 0.2) is 5.96 Å². The Morgan fingerprint density at radius 3 is 2.72 bits per heavy atom. The van der Waals surface area contributed by atoms with Crippen LogP contribution in [-0.2, 0) is 17.8 Å². The van der Waals surface area contributed by atoms with Crippen molar-refractivity contribution in [3.05, 3.63) is 65.0 Å². The molecule has 32 heavy (non-hydrogen) atoms. The van der Waals surface area contributed by atoms with Crippen LogP contribution >= 0.6 is 0 Å². The number of hydrogen-bond acceptors (Lipinski definition) is 5. The number of rotatable bonds is 6. The van der Waals surface area contributed by atoms with Gasteiger partial charge in [-0.1, -0.05) is 44.2 Å². The van der Waals surface area contributed by atoms with E-state index in [9.17, 15) is 14.7 Å². The van der Waals surface area contributed by atoms with Crippen molar-refractivity contribution < 1.29 is 14.7 Å². The Labute approximate surface area is 187 Å². The molecule has 0 bridgehead atoms. The van der Waals surface area contributed by atoms with Crippen molar-refractivity contribution in [2.75, 3.05) is 0 Å². The molecule has 1 saturated heterocycles. The van der Waals surface area contributed by atoms with E-state index in [-0.39, 0.29) is 35.6 Å². The zero-order chi connectivity index (χ0) is 22.9. The summed E-state index contributed by atoms with van der Waals surface area (Å²) in [7, 11) is 0. The lowest BCUT2D eigenvalue weighted by Crippen LogP contribution is -2.61. The van der Waals surface area contributed by atoms with Crippen molar-refractivity contribution >= 4 is 17.8 Å². The molecule has 2 atom stereocenters. The highest BCUT2D eigenvalue weighted by Gasteiger charge is 2.39. The zero-order valence-electron chi connectivity index (χ0n) is 18.4. The Balaban J connectivity index is 1.47. The van der Waals surface area contributed by atoms with Gasteiger partial charge in [-0.05, 0) is 36.1 Å². The molecule has 4 rings (SSSR count). The van der Waals surface area contributed by atoms with Crippen LogP contribution in [0.25, 0.3) is 0 Å². The summed E-state index contributed by atoms with van der Waals surface area (Å²) in [5.74, 6) is -0.450. The summed E-state index contributed by atoms with van der Waals surface area (Å²) in [5, 5.41) is 24.8. The Kier molecular flexibility index (Phi) is 5.97. The number of hydrogen-bond donors (Lipinski definition) is 4. The molecule has 2 aromatic rings. The number of nitrogens with one attached hydrogen (secondary N) is 3. The summed E-state index contributed by atoms with van der Waals surface area (Å²) in [6.45, 7) is 4.14. The van der Waals surface area contributed by atoms with Gasteiger partial charge in [-0.25, -0.2) is 4.98 Å². The molecule has 0 spiro atoms. The third kappa shape index (κ3) is 4.10. The fourth-order valence-corrected chi connectivity index (χ4v) is 4.54. The average molecular weight is 436 g/mol. The van der Waals surface area contributed by atoms with Crippen LogP contribution in [0.4, 0.5) is 0 Å². The minimum absolute atomic E-state index is 0.0623. The Morgan fingerprint density at radius 1 is 1.25 bits per heavy atom. The van der Waals surface area contributed by atoms with Gasteiger partial charge in [-0.15, -0.1) is 0 Å². The molecule has 1 aromatic carbocycles. The van der Waals surface area contributed by atoms with Crippen molar-refractivity contribution in [3.8, 4) is 0 Å². The van der Waals surface area contributed by atoms with Crippen LogP contribution in [0.1, 0.15) is 66.5 Å². The molecule has 1 aliphatic carbocycles. The number of aromatic nitrogens is 1. The number of carbonyl (C=O) groups excluding carboxylic acids is 2. The third-order valence-electron chi connectivity index (χ3n) is 6.65. The van der Waals surface area contributed by atoms with Gasteiger partial charge in [0.2, 0.25) is 5.91 Å². The van der Waals surface area contributed by atoms with E-state index in [2.05, 4.69) is 15.6 Å². The van der Waals surface area contributed by atoms with Crippen LogP contribution in [0.3, 0.4) is 0 Å². The van der Waals surface area contributed by atoms with Gasteiger partial charge in [0.05, 0.1) is 30.8 Å². The SMILES string of the molecule is CCC1(CC)CC(=O)N(Cc2cccc(C(=O)N[C@@H]3c4ccccc4C[C@H]3O)n2)C(=N)N1. The summed E-state index contributed by atoms with van der Waals surface area (Å²) < 4.78 is 0. The second-order valence-corrected chi connectivity index (χ2v) is 8.55.